The van der Waals surface area contributed by atoms with E-state index in [0.717, 1.165) is 0 Å². The summed E-state index contributed by atoms with van der Waals surface area (Å²) >= 11 is 7.80. The summed E-state index contributed by atoms with van der Waals surface area (Å²) in [7, 11) is 0. The largest absolute Gasteiger partial charge is 0.487 e. The fraction of sp³-hybridized carbons (Fsp3) is 0.320. The van der Waals surface area contributed by atoms with Gasteiger partial charge in [-0.05, 0) is 30.5 Å². The highest BCUT2D eigenvalue weighted by molar-refractivity contribution is 7.98. The number of alkyl halides is 2. The van der Waals surface area contributed by atoms with Crippen LogP contribution in [0, 0.1) is 0 Å². The standard InChI is InChI=1S/C25H26ClF2N7O4S/c1-40-10-9-38-22(36)13-29-6-8-34-14-19(32-25(37)18-12-31-35-7-2-5-30-24(18)35)23(33-34)17-11-16(26)3-4-20(17)39-15-21(27)28/h2-5,7,11-12,14,21,29H,6,8-10,13,15H2,1H3,(H,32,37). The summed E-state index contributed by atoms with van der Waals surface area (Å²) in [5.41, 5.74) is 1.42. The van der Waals surface area contributed by atoms with E-state index in [4.69, 9.17) is 21.1 Å². The highest BCUT2D eigenvalue weighted by Crippen LogP contribution is 2.36. The maximum Gasteiger partial charge on any atom is 0.319 e. The van der Waals surface area contributed by atoms with E-state index in [0.29, 0.717) is 41.7 Å². The Kier molecular flexibility index (Phi) is 10.3. The Hall–Kier alpha value is -3.75. The molecular weight excluding hydrogens is 568 g/mol. The van der Waals surface area contributed by atoms with Crippen LogP contribution in [0.5, 0.6) is 5.75 Å². The molecule has 0 radical (unpaired) electrons. The molecule has 0 atom stereocenters. The molecule has 0 bridgehead atoms. The first-order valence-electron chi connectivity index (χ1n) is 12.1. The van der Waals surface area contributed by atoms with Gasteiger partial charge in [0, 0.05) is 41.5 Å². The van der Waals surface area contributed by atoms with Gasteiger partial charge in [0.2, 0.25) is 0 Å². The van der Waals surface area contributed by atoms with E-state index in [1.54, 1.807) is 41.1 Å². The molecule has 0 spiro atoms. The van der Waals surface area contributed by atoms with Crippen molar-refractivity contribution in [3.8, 4) is 17.0 Å². The fourth-order valence-corrected chi connectivity index (χ4v) is 4.07. The molecule has 0 saturated heterocycles. The van der Waals surface area contributed by atoms with Gasteiger partial charge < -0.3 is 20.1 Å². The molecule has 0 aliphatic rings. The predicted octanol–water partition coefficient (Wildman–Crippen LogP) is 3.64. The first kappa shape index (κ1) is 29.2. The van der Waals surface area contributed by atoms with Crippen molar-refractivity contribution in [2.75, 3.05) is 43.6 Å². The van der Waals surface area contributed by atoms with Crippen LogP contribution in [0.15, 0.2) is 49.1 Å². The van der Waals surface area contributed by atoms with Crippen LogP contribution < -0.4 is 15.4 Å². The van der Waals surface area contributed by atoms with Crippen LogP contribution in [-0.2, 0) is 16.1 Å². The number of anilines is 1. The van der Waals surface area contributed by atoms with Crippen LogP contribution in [0.3, 0.4) is 0 Å². The molecule has 3 heterocycles. The molecule has 4 rings (SSSR count). The Morgan fingerprint density at radius 1 is 1.27 bits per heavy atom. The zero-order valence-electron chi connectivity index (χ0n) is 21.3. The maximum atomic E-state index is 13.2. The number of fused-ring (bicyclic) bond motifs is 1. The van der Waals surface area contributed by atoms with Crippen LogP contribution >= 0.6 is 23.4 Å². The molecule has 1 aromatic carbocycles. The first-order valence-corrected chi connectivity index (χ1v) is 13.9. The fourth-order valence-electron chi connectivity index (χ4n) is 3.64. The number of nitrogens with one attached hydrogen (secondary N) is 2. The first-order chi connectivity index (χ1) is 19.4. The third-order valence-electron chi connectivity index (χ3n) is 5.43. The average molecular weight is 594 g/mol. The Morgan fingerprint density at radius 2 is 2.12 bits per heavy atom. The van der Waals surface area contributed by atoms with E-state index < -0.39 is 18.9 Å². The van der Waals surface area contributed by atoms with Gasteiger partial charge in [-0.1, -0.05) is 11.6 Å². The number of rotatable bonds is 14. The summed E-state index contributed by atoms with van der Waals surface area (Å²) in [5.74, 6) is -0.0365. The summed E-state index contributed by atoms with van der Waals surface area (Å²) in [6, 6.07) is 6.17. The van der Waals surface area contributed by atoms with Gasteiger partial charge in [-0.25, -0.2) is 18.3 Å². The van der Waals surface area contributed by atoms with Gasteiger partial charge in [0.1, 0.15) is 30.2 Å². The lowest BCUT2D eigenvalue weighted by atomic mass is 10.1. The van der Waals surface area contributed by atoms with Crippen molar-refractivity contribution in [3.63, 3.8) is 0 Å². The van der Waals surface area contributed by atoms with E-state index in [9.17, 15) is 18.4 Å². The van der Waals surface area contributed by atoms with Crippen molar-refractivity contribution in [3.05, 3.63) is 59.6 Å². The number of hydrogen-bond donors (Lipinski definition) is 2. The second-order valence-corrected chi connectivity index (χ2v) is 9.71. The van der Waals surface area contributed by atoms with Gasteiger partial charge in [0.05, 0.1) is 25.0 Å². The number of ether oxygens (including phenoxy) is 2. The van der Waals surface area contributed by atoms with Crippen molar-refractivity contribution in [1.29, 1.82) is 0 Å². The number of thioether (sulfide) groups is 1. The van der Waals surface area contributed by atoms with Crippen molar-refractivity contribution < 1.29 is 27.8 Å². The maximum absolute atomic E-state index is 13.2. The van der Waals surface area contributed by atoms with Crippen molar-refractivity contribution in [2.24, 2.45) is 0 Å². The normalized spacial score (nSPS) is 11.2. The monoisotopic (exact) mass is 593 g/mol. The summed E-state index contributed by atoms with van der Waals surface area (Å²) in [6.07, 6.45) is 5.41. The molecule has 0 aliphatic heterocycles. The Morgan fingerprint density at radius 3 is 2.92 bits per heavy atom. The third-order valence-corrected chi connectivity index (χ3v) is 6.24. The van der Waals surface area contributed by atoms with Crippen molar-refractivity contribution >= 4 is 46.6 Å². The van der Waals surface area contributed by atoms with Gasteiger partial charge in [-0.2, -0.15) is 22.0 Å². The molecule has 11 nitrogen and oxygen atoms in total. The summed E-state index contributed by atoms with van der Waals surface area (Å²) < 4.78 is 39.2. The SMILES string of the molecule is CSCCOC(=O)CNCCn1cc(NC(=O)c2cnn3cccnc23)c(-c2cc(Cl)ccc2OCC(F)F)n1. The second-order valence-electron chi connectivity index (χ2n) is 8.29. The van der Waals surface area contributed by atoms with E-state index in [1.165, 1.54) is 28.9 Å². The molecule has 40 heavy (non-hydrogen) atoms. The molecule has 2 N–H and O–H groups in total. The van der Waals surface area contributed by atoms with Crippen LogP contribution in [0.25, 0.3) is 16.9 Å². The molecule has 4 aromatic rings. The highest BCUT2D eigenvalue weighted by atomic mass is 35.5. The number of aromatic nitrogens is 5. The number of amides is 1. The number of carbonyl (C=O) groups is 2. The summed E-state index contributed by atoms with van der Waals surface area (Å²) in [4.78, 5) is 29.3. The van der Waals surface area contributed by atoms with Gasteiger partial charge in [-0.3, -0.25) is 14.3 Å². The highest BCUT2D eigenvalue weighted by Gasteiger charge is 2.21. The van der Waals surface area contributed by atoms with E-state index >= 15 is 0 Å². The molecule has 0 aliphatic carbocycles. The van der Waals surface area contributed by atoms with E-state index in [1.807, 2.05) is 6.26 Å². The lowest BCUT2D eigenvalue weighted by Crippen LogP contribution is -2.28. The molecule has 0 saturated carbocycles. The van der Waals surface area contributed by atoms with Crippen LogP contribution in [0.4, 0.5) is 14.5 Å². The van der Waals surface area contributed by atoms with E-state index in [-0.39, 0.29) is 35.2 Å². The average Bonchev–Trinajstić information content (AvgIpc) is 3.54. The smallest absolute Gasteiger partial charge is 0.319 e. The van der Waals surface area contributed by atoms with E-state index in [2.05, 4.69) is 25.8 Å². The van der Waals surface area contributed by atoms with Gasteiger partial charge in [-0.15, -0.1) is 0 Å². The van der Waals surface area contributed by atoms with Gasteiger partial charge in [0.25, 0.3) is 12.3 Å². The molecule has 15 heteroatoms. The molecular formula is C25H26ClF2N7O4S. The lowest BCUT2D eigenvalue weighted by Gasteiger charge is -2.12. The minimum absolute atomic E-state index is 0.0216. The summed E-state index contributed by atoms with van der Waals surface area (Å²) in [6.45, 7) is 0.197. The van der Waals surface area contributed by atoms with Crippen LogP contribution in [0.1, 0.15) is 10.4 Å². The molecule has 0 fully saturated rings. The number of nitrogens with zero attached hydrogens (tertiary/aromatic N) is 5. The van der Waals surface area contributed by atoms with Crippen molar-refractivity contribution in [1.82, 2.24) is 29.7 Å². The van der Waals surface area contributed by atoms with Gasteiger partial charge >= 0.3 is 5.97 Å². The Balaban J connectivity index is 1.57. The van der Waals surface area contributed by atoms with Gasteiger partial charge in [0.15, 0.2) is 5.65 Å². The number of halogens is 3. The predicted molar refractivity (Wildman–Crippen MR) is 147 cm³/mol. The minimum atomic E-state index is -2.69. The minimum Gasteiger partial charge on any atom is -0.487 e. The van der Waals surface area contributed by atoms with Crippen LogP contribution in [0.2, 0.25) is 5.02 Å². The summed E-state index contributed by atoms with van der Waals surface area (Å²) in [5, 5.41) is 14.8. The zero-order chi connectivity index (χ0) is 28.5. The molecule has 0 unspecified atom stereocenters. The number of esters is 1. The Labute approximate surface area is 237 Å². The quantitative estimate of drug-likeness (QED) is 0.166. The number of hydrogen-bond acceptors (Lipinski definition) is 9. The lowest BCUT2D eigenvalue weighted by molar-refractivity contribution is -0.141. The Bertz CT molecular complexity index is 1470. The number of carbonyl (C=O) groups excluding carboxylic acids is 2. The third kappa shape index (κ3) is 7.67. The molecule has 1 amide bonds. The number of benzene rings is 1. The van der Waals surface area contributed by atoms with Crippen LogP contribution in [-0.4, -0.2) is 81.0 Å². The molecule has 3 aromatic heterocycles. The molecule has 212 valence electrons. The van der Waals surface area contributed by atoms with Crippen molar-refractivity contribution in [2.45, 2.75) is 13.0 Å². The second kappa shape index (κ2) is 14.1. The topological polar surface area (TPSA) is 125 Å². The zero-order valence-corrected chi connectivity index (χ0v) is 22.9.